The molecule has 0 saturated carbocycles. The molecule has 1 unspecified atom stereocenters. The Morgan fingerprint density at radius 3 is 2.66 bits per heavy atom. The minimum Gasteiger partial charge on any atom is -0.458 e. The van der Waals surface area contributed by atoms with Gasteiger partial charge in [0.25, 0.3) is 5.91 Å². The highest BCUT2D eigenvalue weighted by molar-refractivity contribution is 5.97. The van der Waals surface area contributed by atoms with Gasteiger partial charge in [-0.15, -0.1) is 0 Å². The molecule has 0 radical (unpaired) electrons. The first-order valence-corrected chi connectivity index (χ1v) is 8.97. The van der Waals surface area contributed by atoms with Crippen molar-refractivity contribution in [3.8, 4) is 6.01 Å². The molecule has 1 aromatic carbocycles. The van der Waals surface area contributed by atoms with Gasteiger partial charge in [-0.2, -0.15) is 18.2 Å². The van der Waals surface area contributed by atoms with Crippen LogP contribution in [0.2, 0.25) is 0 Å². The van der Waals surface area contributed by atoms with E-state index in [0.717, 1.165) is 12.3 Å². The highest BCUT2D eigenvalue weighted by Crippen LogP contribution is 2.28. The number of carbonyl (C=O) groups is 1. The summed E-state index contributed by atoms with van der Waals surface area (Å²) in [6.07, 6.45) is 0.316. The lowest BCUT2D eigenvalue weighted by Gasteiger charge is -2.32. The average Bonchev–Trinajstić information content (AvgIpc) is 2.72. The molecule has 3 heterocycles. The third-order valence-electron chi connectivity index (χ3n) is 4.58. The van der Waals surface area contributed by atoms with Gasteiger partial charge in [-0.25, -0.2) is 4.98 Å². The highest BCUT2D eigenvalue weighted by Gasteiger charge is 2.33. The number of hydrogen-bond donors (Lipinski definition) is 0. The standard InChI is InChI=1S/C19H16F3N5O2/c20-19(21,22)16-5-6-25-18(26-16)29-13-2-1-9-27(11-13)17(28)12-3-4-14-15(10-12)24-8-7-23-14/h3-8,10,13H,1-2,9,11H2. The van der Waals surface area contributed by atoms with Crippen molar-refractivity contribution < 1.29 is 22.7 Å². The first-order valence-electron chi connectivity index (χ1n) is 8.97. The van der Waals surface area contributed by atoms with Gasteiger partial charge in [-0.3, -0.25) is 14.8 Å². The SMILES string of the molecule is O=C(c1ccc2nccnc2c1)N1CCCC(Oc2nccc(C(F)(F)F)n2)C1. The van der Waals surface area contributed by atoms with E-state index < -0.39 is 18.0 Å². The number of nitrogens with zero attached hydrogens (tertiary/aromatic N) is 5. The third kappa shape index (κ3) is 4.25. The second kappa shape index (κ2) is 7.61. The Kier molecular flexibility index (Phi) is 4.99. The number of piperidine rings is 1. The molecule has 2 aromatic heterocycles. The zero-order valence-electron chi connectivity index (χ0n) is 15.1. The Hall–Kier alpha value is -3.30. The van der Waals surface area contributed by atoms with Gasteiger partial charge in [-0.1, -0.05) is 0 Å². The molecule has 0 bridgehead atoms. The zero-order chi connectivity index (χ0) is 20.4. The Morgan fingerprint density at radius 1 is 1.07 bits per heavy atom. The van der Waals surface area contributed by atoms with Crippen LogP contribution in [0.1, 0.15) is 28.9 Å². The monoisotopic (exact) mass is 403 g/mol. The van der Waals surface area contributed by atoms with E-state index >= 15 is 0 Å². The van der Waals surface area contributed by atoms with Crippen LogP contribution in [0, 0.1) is 0 Å². The first-order chi connectivity index (χ1) is 13.9. The fourth-order valence-corrected chi connectivity index (χ4v) is 3.20. The van der Waals surface area contributed by atoms with Crippen molar-refractivity contribution in [1.82, 2.24) is 24.8 Å². The fraction of sp³-hybridized carbons (Fsp3) is 0.316. The second-order valence-corrected chi connectivity index (χ2v) is 6.62. The van der Waals surface area contributed by atoms with Crippen molar-refractivity contribution in [2.24, 2.45) is 0 Å². The Morgan fingerprint density at radius 2 is 1.86 bits per heavy atom. The number of aromatic nitrogens is 4. The summed E-state index contributed by atoms with van der Waals surface area (Å²) < 4.78 is 44.0. The Bertz CT molecular complexity index is 1040. The normalized spacial score (nSPS) is 17.3. The summed E-state index contributed by atoms with van der Waals surface area (Å²) >= 11 is 0. The summed E-state index contributed by atoms with van der Waals surface area (Å²) in [6, 6.07) is 5.51. The number of likely N-dealkylation sites (tertiary alicyclic amines) is 1. The molecule has 1 fully saturated rings. The van der Waals surface area contributed by atoms with Crippen molar-refractivity contribution in [2.45, 2.75) is 25.1 Å². The molecule has 1 aliphatic rings. The van der Waals surface area contributed by atoms with Crippen molar-refractivity contribution in [2.75, 3.05) is 13.1 Å². The number of alkyl halides is 3. The van der Waals surface area contributed by atoms with Crippen LogP contribution in [0.4, 0.5) is 13.2 Å². The maximum Gasteiger partial charge on any atom is 0.433 e. The number of halogens is 3. The number of amides is 1. The molecule has 150 valence electrons. The Labute approximate surface area is 163 Å². The minimum atomic E-state index is -4.57. The smallest absolute Gasteiger partial charge is 0.433 e. The van der Waals surface area contributed by atoms with Crippen LogP contribution >= 0.6 is 0 Å². The molecule has 0 aliphatic carbocycles. The van der Waals surface area contributed by atoms with Crippen LogP contribution in [-0.4, -0.2) is 49.9 Å². The quantitative estimate of drug-likeness (QED) is 0.669. The van der Waals surface area contributed by atoms with E-state index in [1.807, 2.05) is 0 Å². The van der Waals surface area contributed by atoms with E-state index in [0.29, 0.717) is 36.0 Å². The molecule has 1 amide bonds. The van der Waals surface area contributed by atoms with Crippen LogP contribution < -0.4 is 4.74 Å². The number of carbonyl (C=O) groups excluding carboxylic acids is 1. The molecular weight excluding hydrogens is 387 g/mol. The van der Waals surface area contributed by atoms with Gasteiger partial charge in [-0.05, 0) is 37.1 Å². The molecule has 1 saturated heterocycles. The summed E-state index contributed by atoms with van der Waals surface area (Å²) in [5.74, 6) is -0.198. The number of fused-ring (bicyclic) bond motifs is 1. The van der Waals surface area contributed by atoms with E-state index in [9.17, 15) is 18.0 Å². The van der Waals surface area contributed by atoms with Crippen LogP contribution in [0.25, 0.3) is 11.0 Å². The van der Waals surface area contributed by atoms with Crippen molar-refractivity contribution in [3.05, 3.63) is 54.1 Å². The zero-order valence-corrected chi connectivity index (χ0v) is 15.1. The molecule has 1 aliphatic heterocycles. The average molecular weight is 403 g/mol. The summed E-state index contributed by atoms with van der Waals surface area (Å²) in [5.41, 5.74) is 0.698. The van der Waals surface area contributed by atoms with E-state index in [1.165, 1.54) is 0 Å². The van der Waals surface area contributed by atoms with E-state index in [2.05, 4.69) is 19.9 Å². The maximum absolute atomic E-state index is 12.9. The molecule has 29 heavy (non-hydrogen) atoms. The predicted molar refractivity (Wildman–Crippen MR) is 96.1 cm³/mol. The topological polar surface area (TPSA) is 81.1 Å². The van der Waals surface area contributed by atoms with Gasteiger partial charge in [0.05, 0.1) is 17.6 Å². The second-order valence-electron chi connectivity index (χ2n) is 6.62. The molecule has 3 aromatic rings. The summed E-state index contributed by atoms with van der Waals surface area (Å²) in [7, 11) is 0. The van der Waals surface area contributed by atoms with Gasteiger partial charge in [0.15, 0.2) is 5.69 Å². The molecular formula is C19H16F3N5O2. The van der Waals surface area contributed by atoms with Gasteiger partial charge in [0.2, 0.25) is 0 Å². The molecule has 10 heteroatoms. The lowest BCUT2D eigenvalue weighted by Crippen LogP contribution is -2.44. The van der Waals surface area contributed by atoms with E-state index in [4.69, 9.17) is 4.74 Å². The van der Waals surface area contributed by atoms with Crippen LogP contribution in [-0.2, 0) is 6.18 Å². The third-order valence-corrected chi connectivity index (χ3v) is 4.58. The molecule has 4 rings (SSSR count). The highest BCUT2D eigenvalue weighted by atomic mass is 19.4. The summed E-state index contributed by atoms with van der Waals surface area (Å²) in [4.78, 5) is 30.0. The lowest BCUT2D eigenvalue weighted by atomic mass is 10.1. The van der Waals surface area contributed by atoms with Gasteiger partial charge >= 0.3 is 12.2 Å². The van der Waals surface area contributed by atoms with Crippen LogP contribution in [0.15, 0.2) is 42.9 Å². The number of ether oxygens (including phenoxy) is 1. The number of benzene rings is 1. The van der Waals surface area contributed by atoms with Crippen molar-refractivity contribution in [3.63, 3.8) is 0 Å². The van der Waals surface area contributed by atoms with E-state index in [-0.39, 0.29) is 18.5 Å². The number of rotatable bonds is 3. The Balaban J connectivity index is 1.47. The summed E-state index contributed by atoms with van der Waals surface area (Å²) in [6.45, 7) is 0.761. The molecule has 0 N–H and O–H groups in total. The maximum atomic E-state index is 12.9. The van der Waals surface area contributed by atoms with E-state index in [1.54, 1.807) is 35.5 Å². The van der Waals surface area contributed by atoms with Crippen molar-refractivity contribution in [1.29, 1.82) is 0 Å². The van der Waals surface area contributed by atoms with Gasteiger partial charge in [0, 0.05) is 30.7 Å². The molecule has 0 spiro atoms. The van der Waals surface area contributed by atoms with Gasteiger partial charge in [0.1, 0.15) is 6.10 Å². The summed E-state index contributed by atoms with van der Waals surface area (Å²) in [5, 5.41) is 0. The fourth-order valence-electron chi connectivity index (χ4n) is 3.20. The van der Waals surface area contributed by atoms with Crippen LogP contribution in [0.3, 0.4) is 0 Å². The lowest BCUT2D eigenvalue weighted by molar-refractivity contribution is -0.141. The van der Waals surface area contributed by atoms with Crippen molar-refractivity contribution >= 4 is 16.9 Å². The molecule has 7 nitrogen and oxygen atoms in total. The first kappa shape index (κ1) is 19.0. The largest absolute Gasteiger partial charge is 0.458 e. The predicted octanol–water partition coefficient (Wildman–Crippen LogP) is 3.12. The van der Waals surface area contributed by atoms with Crippen LogP contribution in [0.5, 0.6) is 6.01 Å². The number of hydrogen-bond acceptors (Lipinski definition) is 6. The molecule has 1 atom stereocenters. The minimum absolute atomic E-state index is 0.198. The van der Waals surface area contributed by atoms with Gasteiger partial charge < -0.3 is 9.64 Å².